The lowest BCUT2D eigenvalue weighted by molar-refractivity contribution is -0.130. The molecule has 1 saturated heterocycles. The molecule has 12 heavy (non-hydrogen) atoms. The molecule has 0 spiro atoms. The molecular formula is C9H17NO2. The lowest BCUT2D eigenvalue weighted by Gasteiger charge is -2.38. The highest BCUT2D eigenvalue weighted by Crippen LogP contribution is 2.16. The van der Waals surface area contributed by atoms with Crippen LogP contribution in [0.5, 0.6) is 0 Å². The van der Waals surface area contributed by atoms with Gasteiger partial charge in [0.2, 0.25) is 0 Å². The molecule has 0 atom stereocenters. The number of Topliss-reactive ketones (excluding diaryl/α,β-unsaturated/α-hetero) is 1. The Bertz CT molecular complexity index is 171. The Labute approximate surface area is 73.7 Å². The lowest BCUT2D eigenvalue weighted by Crippen LogP contribution is -2.53. The summed E-state index contributed by atoms with van der Waals surface area (Å²) in [5.41, 5.74) is -0.316. The predicted molar refractivity (Wildman–Crippen MR) is 47.2 cm³/mol. The molecule has 0 aromatic carbocycles. The van der Waals surface area contributed by atoms with Crippen molar-refractivity contribution in [3.8, 4) is 0 Å². The van der Waals surface area contributed by atoms with Gasteiger partial charge in [0.05, 0.1) is 18.8 Å². The Morgan fingerprint density at radius 1 is 1.33 bits per heavy atom. The van der Waals surface area contributed by atoms with Crippen LogP contribution in [0.15, 0.2) is 0 Å². The Morgan fingerprint density at radius 3 is 2.25 bits per heavy atom. The molecule has 0 aromatic rings. The van der Waals surface area contributed by atoms with E-state index in [1.807, 2.05) is 13.8 Å². The topological polar surface area (TPSA) is 29.5 Å². The van der Waals surface area contributed by atoms with Gasteiger partial charge in [-0.25, -0.2) is 0 Å². The number of hydrogen-bond donors (Lipinski definition) is 0. The fraction of sp³-hybridized carbons (Fsp3) is 0.889. The van der Waals surface area contributed by atoms with Gasteiger partial charge in [0.15, 0.2) is 0 Å². The van der Waals surface area contributed by atoms with Crippen molar-refractivity contribution in [3.05, 3.63) is 0 Å². The first-order valence-corrected chi connectivity index (χ1v) is 4.39. The maximum Gasteiger partial charge on any atom is 0.149 e. The summed E-state index contributed by atoms with van der Waals surface area (Å²) in [5.74, 6) is 0.226. The highest BCUT2D eigenvalue weighted by molar-refractivity contribution is 5.85. The molecule has 0 saturated carbocycles. The van der Waals surface area contributed by atoms with E-state index in [1.165, 1.54) is 0 Å². The van der Waals surface area contributed by atoms with Crippen molar-refractivity contribution in [2.45, 2.75) is 26.3 Å². The van der Waals surface area contributed by atoms with Gasteiger partial charge in [0.1, 0.15) is 5.78 Å². The van der Waals surface area contributed by atoms with E-state index >= 15 is 0 Å². The van der Waals surface area contributed by atoms with E-state index in [0.29, 0.717) is 0 Å². The Morgan fingerprint density at radius 2 is 1.83 bits per heavy atom. The maximum absolute atomic E-state index is 11.3. The van der Waals surface area contributed by atoms with Crippen LogP contribution in [0.3, 0.4) is 0 Å². The van der Waals surface area contributed by atoms with E-state index in [1.54, 1.807) is 6.92 Å². The molecule has 0 aromatic heterocycles. The maximum atomic E-state index is 11.3. The van der Waals surface area contributed by atoms with Crippen LogP contribution in [-0.4, -0.2) is 42.5 Å². The molecule has 1 aliphatic rings. The van der Waals surface area contributed by atoms with Crippen LogP contribution >= 0.6 is 0 Å². The summed E-state index contributed by atoms with van der Waals surface area (Å²) in [6.45, 7) is 8.82. The van der Waals surface area contributed by atoms with Gasteiger partial charge in [0.25, 0.3) is 0 Å². The Balaban J connectivity index is 2.59. The summed E-state index contributed by atoms with van der Waals surface area (Å²) in [7, 11) is 0. The molecule has 0 N–H and O–H groups in total. The first kappa shape index (κ1) is 9.68. The van der Waals surface area contributed by atoms with E-state index in [2.05, 4.69) is 4.90 Å². The average Bonchev–Trinajstić information content (AvgIpc) is 2.06. The Kier molecular flexibility index (Phi) is 2.85. The number of ketones is 1. The third kappa shape index (κ3) is 1.84. The van der Waals surface area contributed by atoms with Crippen molar-refractivity contribution in [1.29, 1.82) is 0 Å². The molecule has 3 heteroatoms. The molecular weight excluding hydrogens is 154 g/mol. The van der Waals surface area contributed by atoms with Crippen molar-refractivity contribution < 1.29 is 9.53 Å². The summed E-state index contributed by atoms with van der Waals surface area (Å²) >= 11 is 0. The fourth-order valence-corrected chi connectivity index (χ4v) is 1.35. The van der Waals surface area contributed by atoms with E-state index in [-0.39, 0.29) is 11.3 Å². The fourth-order valence-electron chi connectivity index (χ4n) is 1.35. The largest absolute Gasteiger partial charge is 0.379 e. The number of rotatable bonds is 2. The number of carbonyl (C=O) groups excluding carboxylic acids is 1. The van der Waals surface area contributed by atoms with E-state index in [0.717, 1.165) is 26.3 Å². The van der Waals surface area contributed by atoms with Crippen molar-refractivity contribution >= 4 is 5.78 Å². The van der Waals surface area contributed by atoms with Crippen LogP contribution in [0, 0.1) is 0 Å². The molecule has 1 heterocycles. The summed E-state index contributed by atoms with van der Waals surface area (Å²) in [6, 6.07) is 0. The van der Waals surface area contributed by atoms with Gasteiger partial charge in [-0.3, -0.25) is 9.69 Å². The summed E-state index contributed by atoms with van der Waals surface area (Å²) < 4.78 is 5.22. The van der Waals surface area contributed by atoms with Crippen LogP contribution in [0.4, 0.5) is 0 Å². The summed E-state index contributed by atoms with van der Waals surface area (Å²) in [4.78, 5) is 13.5. The van der Waals surface area contributed by atoms with Gasteiger partial charge in [-0.1, -0.05) is 0 Å². The quantitative estimate of drug-likeness (QED) is 0.612. The molecule has 1 fully saturated rings. The number of ether oxygens (including phenoxy) is 1. The van der Waals surface area contributed by atoms with Gasteiger partial charge in [-0.05, 0) is 20.8 Å². The summed E-state index contributed by atoms with van der Waals surface area (Å²) in [5, 5.41) is 0. The normalized spacial score (nSPS) is 20.9. The van der Waals surface area contributed by atoms with Crippen molar-refractivity contribution in [2.75, 3.05) is 26.3 Å². The minimum atomic E-state index is -0.316. The number of morpholine rings is 1. The molecule has 0 unspecified atom stereocenters. The highest BCUT2D eigenvalue weighted by Gasteiger charge is 2.32. The molecule has 3 nitrogen and oxygen atoms in total. The van der Waals surface area contributed by atoms with Crippen LogP contribution in [0.2, 0.25) is 0 Å². The van der Waals surface area contributed by atoms with Gasteiger partial charge >= 0.3 is 0 Å². The average molecular weight is 171 g/mol. The first-order valence-electron chi connectivity index (χ1n) is 4.39. The Hall–Kier alpha value is -0.410. The van der Waals surface area contributed by atoms with Gasteiger partial charge < -0.3 is 4.74 Å². The standard InChI is InChI=1S/C9H17NO2/c1-8(11)9(2,3)10-4-6-12-7-5-10/h4-7H2,1-3H3. The molecule has 0 aliphatic carbocycles. The second kappa shape index (κ2) is 3.54. The lowest BCUT2D eigenvalue weighted by atomic mass is 9.97. The molecule has 0 bridgehead atoms. The van der Waals surface area contributed by atoms with Crippen LogP contribution in [0.25, 0.3) is 0 Å². The molecule has 70 valence electrons. The third-order valence-electron chi connectivity index (χ3n) is 2.66. The zero-order chi connectivity index (χ0) is 9.19. The molecule has 1 rings (SSSR count). The van der Waals surface area contributed by atoms with Gasteiger partial charge in [-0.15, -0.1) is 0 Å². The van der Waals surface area contributed by atoms with Crippen molar-refractivity contribution in [1.82, 2.24) is 4.90 Å². The second-order valence-corrected chi connectivity index (χ2v) is 3.71. The van der Waals surface area contributed by atoms with Gasteiger partial charge in [-0.2, -0.15) is 0 Å². The smallest absolute Gasteiger partial charge is 0.149 e. The molecule has 0 amide bonds. The van der Waals surface area contributed by atoms with Crippen LogP contribution in [0.1, 0.15) is 20.8 Å². The highest BCUT2D eigenvalue weighted by atomic mass is 16.5. The zero-order valence-electron chi connectivity index (χ0n) is 8.09. The number of hydrogen-bond acceptors (Lipinski definition) is 3. The van der Waals surface area contributed by atoms with Gasteiger partial charge in [0, 0.05) is 13.1 Å². The SMILES string of the molecule is CC(=O)C(C)(C)N1CCOCC1. The molecule has 0 radical (unpaired) electrons. The number of nitrogens with zero attached hydrogens (tertiary/aromatic N) is 1. The monoisotopic (exact) mass is 171 g/mol. The van der Waals surface area contributed by atoms with E-state index in [9.17, 15) is 4.79 Å². The number of carbonyl (C=O) groups is 1. The minimum absolute atomic E-state index is 0.226. The third-order valence-corrected chi connectivity index (χ3v) is 2.66. The van der Waals surface area contributed by atoms with Crippen molar-refractivity contribution in [2.24, 2.45) is 0 Å². The van der Waals surface area contributed by atoms with Crippen molar-refractivity contribution in [3.63, 3.8) is 0 Å². The van der Waals surface area contributed by atoms with Crippen LogP contribution < -0.4 is 0 Å². The zero-order valence-corrected chi connectivity index (χ0v) is 8.09. The minimum Gasteiger partial charge on any atom is -0.379 e. The second-order valence-electron chi connectivity index (χ2n) is 3.71. The summed E-state index contributed by atoms with van der Waals surface area (Å²) in [6.07, 6.45) is 0. The van der Waals surface area contributed by atoms with Crippen LogP contribution in [-0.2, 0) is 9.53 Å². The molecule has 1 aliphatic heterocycles. The first-order chi connectivity index (χ1) is 5.55. The van der Waals surface area contributed by atoms with E-state index in [4.69, 9.17) is 4.74 Å². The van der Waals surface area contributed by atoms with E-state index < -0.39 is 0 Å². The predicted octanol–water partition coefficient (Wildman–Crippen LogP) is 0.686.